The first-order chi connectivity index (χ1) is 11.8. The van der Waals surface area contributed by atoms with Gasteiger partial charge in [-0.25, -0.2) is 0 Å². The van der Waals surface area contributed by atoms with Crippen molar-refractivity contribution >= 4 is 18.3 Å². The van der Waals surface area contributed by atoms with E-state index in [-0.39, 0.29) is 29.8 Å². The predicted molar refractivity (Wildman–Crippen MR) is 106 cm³/mol. The Morgan fingerprint density at radius 2 is 1.96 bits per heavy atom. The van der Waals surface area contributed by atoms with E-state index in [1.807, 2.05) is 25.2 Å². The molecule has 2 rings (SSSR count). The molecule has 1 saturated heterocycles. The number of nitrogens with two attached hydrogens (primary N) is 1. The second-order valence-electron chi connectivity index (χ2n) is 7.53. The maximum Gasteiger partial charge on any atom is 0.236 e. The van der Waals surface area contributed by atoms with Gasteiger partial charge in [-0.3, -0.25) is 9.69 Å². The van der Waals surface area contributed by atoms with Gasteiger partial charge in [-0.05, 0) is 29.5 Å². The SMILES string of the molecule is COc1ccc(CN(C)C(=O)CN2CCC(N)C(C)(C)C2)cc1OC.Cl. The molecule has 148 valence electrons. The third kappa shape index (κ3) is 5.50. The van der Waals surface area contributed by atoms with Crippen LogP contribution in [-0.2, 0) is 11.3 Å². The summed E-state index contributed by atoms with van der Waals surface area (Å²) in [5.74, 6) is 1.47. The first-order valence-electron chi connectivity index (χ1n) is 8.69. The van der Waals surface area contributed by atoms with Crippen LogP contribution in [0.25, 0.3) is 0 Å². The second kappa shape index (κ2) is 9.44. The highest BCUT2D eigenvalue weighted by Gasteiger charge is 2.34. The van der Waals surface area contributed by atoms with Crippen LogP contribution in [0.15, 0.2) is 18.2 Å². The number of ether oxygens (including phenoxy) is 2. The topological polar surface area (TPSA) is 68.0 Å². The molecular formula is C19H32ClN3O3. The van der Waals surface area contributed by atoms with Gasteiger partial charge in [0.1, 0.15) is 0 Å². The molecule has 1 aliphatic heterocycles. The molecule has 1 aliphatic rings. The first-order valence-corrected chi connectivity index (χ1v) is 8.69. The molecule has 1 unspecified atom stereocenters. The molecule has 1 amide bonds. The highest BCUT2D eigenvalue weighted by molar-refractivity contribution is 5.85. The summed E-state index contributed by atoms with van der Waals surface area (Å²) in [6, 6.07) is 5.92. The average Bonchev–Trinajstić information content (AvgIpc) is 2.57. The van der Waals surface area contributed by atoms with Crippen molar-refractivity contribution in [1.29, 1.82) is 0 Å². The van der Waals surface area contributed by atoms with Crippen molar-refractivity contribution in [3.05, 3.63) is 23.8 Å². The second-order valence-corrected chi connectivity index (χ2v) is 7.53. The van der Waals surface area contributed by atoms with E-state index in [4.69, 9.17) is 15.2 Å². The zero-order valence-electron chi connectivity index (χ0n) is 16.4. The fourth-order valence-corrected chi connectivity index (χ4v) is 3.27. The fraction of sp³-hybridized carbons (Fsp3) is 0.632. The molecule has 1 aromatic rings. The summed E-state index contributed by atoms with van der Waals surface area (Å²) in [5.41, 5.74) is 7.23. The van der Waals surface area contributed by atoms with Crippen LogP contribution >= 0.6 is 12.4 Å². The summed E-state index contributed by atoms with van der Waals surface area (Å²) in [7, 11) is 5.05. The average molecular weight is 386 g/mol. The van der Waals surface area contributed by atoms with E-state index in [1.165, 1.54) is 0 Å². The van der Waals surface area contributed by atoms with Gasteiger partial charge in [-0.15, -0.1) is 12.4 Å². The molecule has 7 heteroatoms. The van der Waals surface area contributed by atoms with Gasteiger partial charge in [-0.2, -0.15) is 0 Å². The summed E-state index contributed by atoms with van der Waals surface area (Å²) < 4.78 is 10.6. The Morgan fingerprint density at radius 3 is 2.54 bits per heavy atom. The smallest absolute Gasteiger partial charge is 0.236 e. The lowest BCUT2D eigenvalue weighted by Gasteiger charge is -2.42. The normalized spacial score (nSPS) is 19.4. The number of amides is 1. The van der Waals surface area contributed by atoms with E-state index in [0.717, 1.165) is 25.1 Å². The Labute approximate surface area is 163 Å². The van der Waals surface area contributed by atoms with Gasteiger partial charge in [0.25, 0.3) is 0 Å². The summed E-state index contributed by atoms with van der Waals surface area (Å²) in [4.78, 5) is 16.5. The van der Waals surface area contributed by atoms with Crippen LogP contribution in [0.1, 0.15) is 25.8 Å². The number of rotatable bonds is 6. The Bertz CT molecular complexity index is 610. The van der Waals surface area contributed by atoms with Gasteiger partial charge in [0.05, 0.1) is 20.8 Å². The van der Waals surface area contributed by atoms with E-state index in [1.54, 1.807) is 19.1 Å². The minimum absolute atomic E-state index is 0. The Morgan fingerprint density at radius 1 is 1.31 bits per heavy atom. The minimum atomic E-state index is 0. The summed E-state index contributed by atoms with van der Waals surface area (Å²) in [5, 5.41) is 0. The van der Waals surface area contributed by atoms with Crippen LogP contribution in [-0.4, -0.2) is 62.7 Å². The summed E-state index contributed by atoms with van der Waals surface area (Å²) >= 11 is 0. The molecular weight excluding hydrogens is 354 g/mol. The maximum atomic E-state index is 12.6. The predicted octanol–water partition coefficient (Wildman–Crippen LogP) is 2.14. The third-order valence-corrected chi connectivity index (χ3v) is 5.04. The van der Waals surface area contributed by atoms with E-state index in [0.29, 0.717) is 24.6 Å². The maximum absolute atomic E-state index is 12.6. The molecule has 0 aromatic heterocycles. The van der Waals surface area contributed by atoms with Gasteiger partial charge in [-0.1, -0.05) is 19.9 Å². The van der Waals surface area contributed by atoms with Gasteiger partial charge in [0, 0.05) is 32.7 Å². The van der Waals surface area contributed by atoms with E-state index in [2.05, 4.69) is 18.7 Å². The Kier molecular flexibility index (Phi) is 8.18. The summed E-state index contributed by atoms with van der Waals surface area (Å²) in [6.07, 6.45) is 0.930. The monoisotopic (exact) mass is 385 g/mol. The zero-order chi connectivity index (χ0) is 18.6. The number of likely N-dealkylation sites (N-methyl/N-ethyl adjacent to an activating group) is 1. The van der Waals surface area contributed by atoms with Gasteiger partial charge in [0.15, 0.2) is 11.5 Å². The Balaban J connectivity index is 0.00000338. The lowest BCUT2D eigenvalue weighted by Crippen LogP contribution is -2.54. The van der Waals surface area contributed by atoms with Crippen molar-refractivity contribution in [3.63, 3.8) is 0 Å². The van der Waals surface area contributed by atoms with Crippen LogP contribution in [0.5, 0.6) is 11.5 Å². The minimum Gasteiger partial charge on any atom is -0.493 e. The third-order valence-electron chi connectivity index (χ3n) is 5.04. The number of methoxy groups -OCH3 is 2. The number of carbonyl (C=O) groups excluding carboxylic acids is 1. The van der Waals surface area contributed by atoms with Crippen LogP contribution in [0.3, 0.4) is 0 Å². The molecule has 1 aromatic carbocycles. The number of halogens is 1. The number of hydrogen-bond donors (Lipinski definition) is 1. The zero-order valence-corrected chi connectivity index (χ0v) is 17.3. The molecule has 0 spiro atoms. The molecule has 26 heavy (non-hydrogen) atoms. The van der Waals surface area contributed by atoms with Crippen molar-refractivity contribution in [2.24, 2.45) is 11.1 Å². The Hall–Kier alpha value is -1.50. The lowest BCUT2D eigenvalue weighted by molar-refractivity contribution is -0.132. The number of hydrogen-bond acceptors (Lipinski definition) is 5. The quantitative estimate of drug-likeness (QED) is 0.812. The molecule has 0 aliphatic carbocycles. The van der Waals surface area contributed by atoms with Crippen molar-refractivity contribution in [1.82, 2.24) is 9.80 Å². The molecule has 1 heterocycles. The van der Waals surface area contributed by atoms with Crippen LogP contribution in [0, 0.1) is 5.41 Å². The van der Waals surface area contributed by atoms with Gasteiger partial charge in [0.2, 0.25) is 5.91 Å². The standard InChI is InChI=1S/C19H31N3O3.ClH/c1-19(2)13-22(9-8-17(19)20)12-18(23)21(3)11-14-6-7-15(24-4)16(10-14)25-5;/h6-7,10,17H,8-9,11-13,20H2,1-5H3;1H. The van der Waals surface area contributed by atoms with E-state index >= 15 is 0 Å². The molecule has 1 atom stereocenters. The fourth-order valence-electron chi connectivity index (χ4n) is 3.27. The molecule has 0 bridgehead atoms. The van der Waals surface area contributed by atoms with Crippen LogP contribution < -0.4 is 15.2 Å². The van der Waals surface area contributed by atoms with Gasteiger partial charge >= 0.3 is 0 Å². The highest BCUT2D eigenvalue weighted by atomic mass is 35.5. The number of piperidine rings is 1. The van der Waals surface area contributed by atoms with Crippen molar-refractivity contribution in [2.75, 3.05) is 40.9 Å². The van der Waals surface area contributed by atoms with Crippen molar-refractivity contribution in [2.45, 2.75) is 32.9 Å². The largest absolute Gasteiger partial charge is 0.493 e. The van der Waals surface area contributed by atoms with E-state index in [9.17, 15) is 4.79 Å². The highest BCUT2D eigenvalue weighted by Crippen LogP contribution is 2.29. The molecule has 6 nitrogen and oxygen atoms in total. The molecule has 2 N–H and O–H groups in total. The lowest BCUT2D eigenvalue weighted by atomic mass is 9.80. The molecule has 0 saturated carbocycles. The number of likely N-dealkylation sites (tertiary alicyclic amines) is 1. The first kappa shape index (κ1) is 22.5. The number of carbonyl (C=O) groups is 1. The van der Waals surface area contributed by atoms with Crippen LogP contribution in [0.2, 0.25) is 0 Å². The van der Waals surface area contributed by atoms with Crippen LogP contribution in [0.4, 0.5) is 0 Å². The molecule has 0 radical (unpaired) electrons. The van der Waals surface area contributed by atoms with Gasteiger partial charge < -0.3 is 20.1 Å². The number of nitrogens with zero attached hydrogens (tertiary/aromatic N) is 2. The van der Waals surface area contributed by atoms with Crippen molar-refractivity contribution in [3.8, 4) is 11.5 Å². The molecule has 1 fully saturated rings. The number of benzene rings is 1. The summed E-state index contributed by atoms with van der Waals surface area (Å²) in [6.45, 7) is 7.03. The van der Waals surface area contributed by atoms with E-state index < -0.39 is 0 Å². The van der Waals surface area contributed by atoms with Crippen molar-refractivity contribution < 1.29 is 14.3 Å².